The van der Waals surface area contributed by atoms with Crippen LogP contribution in [0.1, 0.15) is 38.7 Å². The summed E-state index contributed by atoms with van der Waals surface area (Å²) in [6.45, 7) is 6.97. The molecule has 0 amide bonds. The van der Waals surface area contributed by atoms with E-state index in [0.717, 1.165) is 37.6 Å². The van der Waals surface area contributed by atoms with Crippen molar-refractivity contribution in [3.8, 4) is 5.75 Å². The highest BCUT2D eigenvalue weighted by molar-refractivity contribution is 14.0. The molecule has 1 aromatic rings. The normalized spacial score (nSPS) is 10.7. The fourth-order valence-electron chi connectivity index (χ4n) is 2.34. The van der Waals surface area contributed by atoms with Gasteiger partial charge in [-0.15, -0.1) is 24.0 Å². The van der Waals surface area contributed by atoms with E-state index < -0.39 is 0 Å². The molecule has 26 heavy (non-hydrogen) atoms. The summed E-state index contributed by atoms with van der Waals surface area (Å²) < 4.78 is 10.1. The zero-order valence-electron chi connectivity index (χ0n) is 16.3. The molecule has 0 saturated heterocycles. The van der Waals surface area contributed by atoms with E-state index in [4.69, 9.17) is 4.74 Å². The minimum Gasteiger partial charge on any atom is -0.494 e. The van der Waals surface area contributed by atoms with E-state index in [1.54, 1.807) is 0 Å². The second kappa shape index (κ2) is 14.6. The number of hydrogen-bond acceptors (Lipinski definition) is 4. The number of halogens is 1. The van der Waals surface area contributed by atoms with Crippen molar-refractivity contribution >= 4 is 35.9 Å². The average molecular weight is 477 g/mol. The van der Waals surface area contributed by atoms with Gasteiger partial charge < -0.3 is 19.7 Å². The van der Waals surface area contributed by atoms with E-state index >= 15 is 0 Å². The first-order valence-electron chi connectivity index (χ1n) is 8.88. The van der Waals surface area contributed by atoms with Gasteiger partial charge in [-0.3, -0.25) is 9.79 Å². The summed E-state index contributed by atoms with van der Waals surface area (Å²) in [7, 11) is 3.44. The first-order chi connectivity index (χ1) is 12.1. The maximum Gasteiger partial charge on any atom is 0.305 e. The Kier molecular flexibility index (Phi) is 13.8. The van der Waals surface area contributed by atoms with Crippen LogP contribution in [0.2, 0.25) is 0 Å². The number of methoxy groups -OCH3 is 1. The monoisotopic (exact) mass is 477 g/mol. The molecule has 0 saturated carbocycles. The second-order valence-corrected chi connectivity index (χ2v) is 5.70. The van der Waals surface area contributed by atoms with E-state index in [-0.39, 0.29) is 29.9 Å². The highest BCUT2D eigenvalue weighted by Gasteiger charge is 2.07. The third-order valence-electron chi connectivity index (χ3n) is 3.63. The van der Waals surface area contributed by atoms with Gasteiger partial charge in [0.05, 0.1) is 13.7 Å². The molecule has 1 N–H and O–H groups in total. The van der Waals surface area contributed by atoms with E-state index in [1.165, 1.54) is 12.7 Å². The number of carbonyl (C=O) groups excluding carboxylic acids is 1. The van der Waals surface area contributed by atoms with Crippen LogP contribution >= 0.6 is 24.0 Å². The van der Waals surface area contributed by atoms with Gasteiger partial charge >= 0.3 is 5.97 Å². The number of guanidine groups is 1. The predicted molar refractivity (Wildman–Crippen MR) is 116 cm³/mol. The molecule has 0 aliphatic rings. The van der Waals surface area contributed by atoms with E-state index in [9.17, 15) is 4.79 Å². The molecule has 7 heteroatoms. The van der Waals surface area contributed by atoms with Crippen LogP contribution in [0.4, 0.5) is 0 Å². The molecule has 0 fully saturated rings. The van der Waals surface area contributed by atoms with Crippen LogP contribution < -0.4 is 10.1 Å². The lowest BCUT2D eigenvalue weighted by molar-refractivity contribution is -0.140. The van der Waals surface area contributed by atoms with Crippen LogP contribution in [0, 0.1) is 0 Å². The maximum atomic E-state index is 11.1. The van der Waals surface area contributed by atoms with Crippen molar-refractivity contribution in [3.05, 3.63) is 29.8 Å². The number of nitrogens with one attached hydrogen (secondary N) is 1. The molecule has 1 rings (SSSR count). The molecule has 0 radical (unpaired) electrons. The van der Waals surface area contributed by atoms with Crippen molar-refractivity contribution in [2.45, 2.75) is 39.7 Å². The Hall–Kier alpha value is -1.51. The Labute approximate surface area is 174 Å². The summed E-state index contributed by atoms with van der Waals surface area (Å²) in [5.74, 6) is 1.60. The van der Waals surface area contributed by atoms with Gasteiger partial charge in [-0.2, -0.15) is 0 Å². The van der Waals surface area contributed by atoms with Crippen LogP contribution in [0.3, 0.4) is 0 Å². The summed E-state index contributed by atoms with van der Waals surface area (Å²) in [6, 6.07) is 8.12. The van der Waals surface area contributed by atoms with Crippen molar-refractivity contribution in [3.63, 3.8) is 0 Å². The van der Waals surface area contributed by atoms with Crippen molar-refractivity contribution in [2.75, 3.05) is 33.9 Å². The zero-order chi connectivity index (χ0) is 18.5. The summed E-state index contributed by atoms with van der Waals surface area (Å²) in [6.07, 6.45) is 2.10. The predicted octanol–water partition coefficient (Wildman–Crippen LogP) is 3.44. The van der Waals surface area contributed by atoms with Gasteiger partial charge in [0, 0.05) is 33.1 Å². The molecule has 0 aliphatic carbocycles. The largest absolute Gasteiger partial charge is 0.494 e. The van der Waals surface area contributed by atoms with Gasteiger partial charge in [0.25, 0.3) is 0 Å². The third kappa shape index (κ3) is 9.84. The number of esters is 1. The smallest absolute Gasteiger partial charge is 0.305 e. The number of ether oxygens (including phenoxy) is 2. The molecule has 0 bridgehead atoms. The molecule has 0 spiro atoms. The minimum atomic E-state index is -0.163. The number of rotatable bonds is 10. The summed E-state index contributed by atoms with van der Waals surface area (Å²) in [5, 5.41) is 3.30. The van der Waals surface area contributed by atoms with Gasteiger partial charge in [0.2, 0.25) is 0 Å². The number of hydrogen-bond donors (Lipinski definition) is 1. The van der Waals surface area contributed by atoms with Crippen molar-refractivity contribution < 1.29 is 14.3 Å². The summed E-state index contributed by atoms with van der Waals surface area (Å²) in [5.41, 5.74) is 1.20. The molecule has 148 valence electrons. The lowest BCUT2D eigenvalue weighted by atomic mass is 10.2. The van der Waals surface area contributed by atoms with Gasteiger partial charge in [-0.25, -0.2) is 0 Å². The first kappa shape index (κ1) is 24.5. The second-order valence-electron chi connectivity index (χ2n) is 5.70. The number of benzene rings is 1. The number of unbranched alkanes of at least 4 members (excludes halogenated alkanes) is 1. The van der Waals surface area contributed by atoms with Gasteiger partial charge in [0.1, 0.15) is 5.75 Å². The molecular formula is C19H32IN3O3. The van der Waals surface area contributed by atoms with Gasteiger partial charge in [-0.05, 0) is 44.4 Å². The van der Waals surface area contributed by atoms with Crippen molar-refractivity contribution in [1.82, 2.24) is 10.2 Å². The Morgan fingerprint density at radius 2 is 1.88 bits per heavy atom. The summed E-state index contributed by atoms with van der Waals surface area (Å²) in [4.78, 5) is 17.8. The van der Waals surface area contributed by atoms with E-state index in [2.05, 4.69) is 39.0 Å². The highest BCUT2D eigenvalue weighted by Crippen LogP contribution is 2.13. The molecule has 0 aliphatic heterocycles. The molecule has 0 aromatic heterocycles. The van der Waals surface area contributed by atoms with E-state index in [1.807, 2.05) is 26.1 Å². The average Bonchev–Trinajstić information content (AvgIpc) is 2.62. The van der Waals surface area contributed by atoms with Crippen molar-refractivity contribution in [1.29, 1.82) is 0 Å². The Balaban J connectivity index is 0.00000625. The van der Waals surface area contributed by atoms with Crippen LogP contribution in [0.5, 0.6) is 5.75 Å². The Bertz CT molecular complexity index is 535. The quantitative estimate of drug-likeness (QED) is 0.184. The maximum absolute atomic E-state index is 11.1. The van der Waals surface area contributed by atoms with Crippen LogP contribution in [-0.4, -0.2) is 50.7 Å². The number of carbonyl (C=O) groups is 1. The number of aliphatic imine (C=N–C) groups is 1. The number of nitrogens with zero attached hydrogens (tertiary/aromatic N) is 2. The van der Waals surface area contributed by atoms with Crippen LogP contribution in [-0.2, 0) is 16.1 Å². The fourth-order valence-corrected chi connectivity index (χ4v) is 2.34. The molecule has 6 nitrogen and oxygen atoms in total. The lowest BCUT2D eigenvalue weighted by Crippen LogP contribution is -2.38. The molecular weight excluding hydrogens is 445 g/mol. The summed E-state index contributed by atoms with van der Waals surface area (Å²) >= 11 is 0. The zero-order valence-corrected chi connectivity index (χ0v) is 18.6. The highest BCUT2D eigenvalue weighted by atomic mass is 127. The van der Waals surface area contributed by atoms with Gasteiger partial charge in [-0.1, -0.05) is 12.1 Å². The first-order valence-corrected chi connectivity index (χ1v) is 8.88. The van der Waals surface area contributed by atoms with Crippen LogP contribution in [0.15, 0.2) is 29.3 Å². The SMILES string of the molecule is CCNC(=NCCCCC(=O)OC)N(C)Cc1ccc(OCC)cc1.I. The van der Waals surface area contributed by atoms with E-state index in [0.29, 0.717) is 19.6 Å². The standard InChI is InChI=1S/C19H31N3O3.HI/c1-5-20-19(21-14-8-7-9-18(23)24-4)22(3)15-16-10-12-17(13-11-16)25-6-2;/h10-13H,5-9,14-15H2,1-4H3,(H,20,21);1H. The minimum absolute atomic E-state index is 0. The lowest BCUT2D eigenvalue weighted by Gasteiger charge is -2.22. The third-order valence-corrected chi connectivity index (χ3v) is 3.63. The van der Waals surface area contributed by atoms with Crippen molar-refractivity contribution in [2.24, 2.45) is 4.99 Å². The molecule has 1 aromatic carbocycles. The van der Waals surface area contributed by atoms with Gasteiger partial charge in [0.15, 0.2) is 5.96 Å². The molecule has 0 unspecified atom stereocenters. The topological polar surface area (TPSA) is 63.2 Å². The van der Waals surface area contributed by atoms with Crippen LogP contribution in [0.25, 0.3) is 0 Å². The fraction of sp³-hybridized carbons (Fsp3) is 0.579. The molecule has 0 heterocycles. The Morgan fingerprint density at radius 1 is 1.19 bits per heavy atom. The Morgan fingerprint density at radius 3 is 2.46 bits per heavy atom. The molecule has 0 atom stereocenters.